The largest absolute Gasteiger partial charge is 0.359 e. The van der Waals surface area contributed by atoms with E-state index in [-0.39, 0.29) is 0 Å². The van der Waals surface area contributed by atoms with Crippen LogP contribution in [-0.2, 0) is 0 Å². The van der Waals surface area contributed by atoms with Crippen LogP contribution < -0.4 is 5.32 Å². The Balaban J connectivity index is 1.93. The molecule has 3 rings (SSSR count). The number of nitrogens with one attached hydrogen (secondary N) is 1. The number of nitrogens with zero attached hydrogens (tertiary/aromatic N) is 1. The van der Waals surface area contributed by atoms with Gasteiger partial charge < -0.3 is 5.32 Å². The summed E-state index contributed by atoms with van der Waals surface area (Å²) in [6.07, 6.45) is 5.20. The van der Waals surface area contributed by atoms with E-state index in [1.54, 1.807) is 11.3 Å². The second-order valence-corrected chi connectivity index (χ2v) is 6.18. The Kier molecular flexibility index (Phi) is 2.97. The fourth-order valence-corrected chi connectivity index (χ4v) is 3.86. The minimum Gasteiger partial charge on any atom is -0.359 e. The Bertz CT molecular complexity index is 544. The van der Waals surface area contributed by atoms with Gasteiger partial charge in [0, 0.05) is 6.04 Å². The normalized spacial score (nSPS) is 16.8. The van der Waals surface area contributed by atoms with Crippen molar-refractivity contribution in [3.8, 4) is 0 Å². The number of hydrogen-bond acceptors (Lipinski definition) is 3. The summed E-state index contributed by atoms with van der Waals surface area (Å²) in [6.45, 7) is 2.06. The Morgan fingerprint density at radius 3 is 2.88 bits per heavy atom. The molecule has 4 heteroatoms. The predicted molar refractivity (Wildman–Crippen MR) is 75.2 cm³/mol. The Labute approximate surface area is 110 Å². The van der Waals surface area contributed by atoms with E-state index in [4.69, 9.17) is 11.6 Å². The lowest BCUT2D eigenvalue weighted by atomic mass is 10.2. The molecule has 0 amide bonds. The average Bonchev–Trinajstić information content (AvgIpc) is 2.87. The zero-order valence-electron chi connectivity index (χ0n) is 9.79. The second-order valence-electron chi connectivity index (χ2n) is 4.74. The number of rotatable bonds is 2. The van der Waals surface area contributed by atoms with Gasteiger partial charge in [-0.2, -0.15) is 0 Å². The number of thiazole rings is 1. The third-order valence-corrected chi connectivity index (χ3v) is 4.50. The lowest BCUT2D eigenvalue weighted by Crippen LogP contribution is -2.13. The Hall–Kier alpha value is -0.800. The first kappa shape index (κ1) is 11.3. The van der Waals surface area contributed by atoms with Gasteiger partial charge in [0.2, 0.25) is 0 Å². The Morgan fingerprint density at radius 1 is 1.35 bits per heavy atom. The molecule has 1 aromatic carbocycles. The number of halogens is 1. The van der Waals surface area contributed by atoms with Gasteiger partial charge in [0.1, 0.15) is 5.52 Å². The molecule has 0 unspecified atom stereocenters. The number of anilines is 1. The van der Waals surface area contributed by atoms with Crippen LogP contribution in [0.2, 0.25) is 5.02 Å². The highest BCUT2D eigenvalue weighted by molar-refractivity contribution is 7.22. The van der Waals surface area contributed by atoms with E-state index < -0.39 is 0 Å². The minimum atomic E-state index is 0.607. The summed E-state index contributed by atoms with van der Waals surface area (Å²) in [5.41, 5.74) is 2.13. The van der Waals surface area contributed by atoms with Crippen LogP contribution >= 0.6 is 22.9 Å². The molecular weight excluding hydrogens is 252 g/mol. The van der Waals surface area contributed by atoms with Gasteiger partial charge in [-0.1, -0.05) is 35.8 Å². The van der Waals surface area contributed by atoms with Crippen molar-refractivity contribution >= 4 is 38.3 Å². The van der Waals surface area contributed by atoms with Gasteiger partial charge >= 0.3 is 0 Å². The highest BCUT2D eigenvalue weighted by Gasteiger charge is 2.16. The molecule has 2 nitrogen and oxygen atoms in total. The third kappa shape index (κ3) is 2.26. The number of aryl methyl sites for hydroxylation is 1. The molecule has 1 aliphatic carbocycles. The van der Waals surface area contributed by atoms with Crippen LogP contribution in [0.3, 0.4) is 0 Å². The average molecular weight is 267 g/mol. The minimum absolute atomic E-state index is 0.607. The van der Waals surface area contributed by atoms with Crippen LogP contribution in [0.25, 0.3) is 10.2 Å². The molecular formula is C13H15ClN2S. The maximum Gasteiger partial charge on any atom is 0.184 e. The first-order chi connectivity index (χ1) is 8.22. The van der Waals surface area contributed by atoms with Gasteiger partial charge in [-0.15, -0.1) is 0 Å². The van der Waals surface area contributed by atoms with Crippen LogP contribution in [0.4, 0.5) is 5.13 Å². The van der Waals surface area contributed by atoms with E-state index in [1.165, 1.54) is 35.9 Å². The predicted octanol–water partition coefficient (Wildman–Crippen LogP) is 4.61. The summed E-state index contributed by atoms with van der Waals surface area (Å²) in [4.78, 5) is 4.59. The first-order valence-corrected chi connectivity index (χ1v) is 7.25. The Morgan fingerprint density at radius 2 is 2.12 bits per heavy atom. The van der Waals surface area contributed by atoms with Gasteiger partial charge in [-0.05, 0) is 37.5 Å². The van der Waals surface area contributed by atoms with Crippen molar-refractivity contribution in [1.29, 1.82) is 0 Å². The maximum absolute atomic E-state index is 6.21. The number of aromatic nitrogens is 1. The molecule has 0 saturated heterocycles. The summed E-state index contributed by atoms with van der Waals surface area (Å²) in [7, 11) is 0. The van der Waals surface area contributed by atoms with Crippen molar-refractivity contribution < 1.29 is 0 Å². The lowest BCUT2D eigenvalue weighted by molar-refractivity contribution is 0.754. The van der Waals surface area contributed by atoms with E-state index in [0.29, 0.717) is 6.04 Å². The van der Waals surface area contributed by atoms with Crippen LogP contribution in [-0.4, -0.2) is 11.0 Å². The molecule has 0 bridgehead atoms. The van der Waals surface area contributed by atoms with Crippen LogP contribution in [0.5, 0.6) is 0 Å². The molecule has 1 aromatic heterocycles. The highest BCUT2D eigenvalue weighted by atomic mass is 35.5. The fraction of sp³-hybridized carbons (Fsp3) is 0.462. The number of fused-ring (bicyclic) bond motifs is 1. The van der Waals surface area contributed by atoms with E-state index in [9.17, 15) is 0 Å². The van der Waals surface area contributed by atoms with Gasteiger partial charge in [0.15, 0.2) is 5.13 Å². The number of benzene rings is 1. The second kappa shape index (κ2) is 4.46. The zero-order chi connectivity index (χ0) is 11.8. The van der Waals surface area contributed by atoms with Crippen molar-refractivity contribution in [3.63, 3.8) is 0 Å². The van der Waals surface area contributed by atoms with Crippen LogP contribution in [0, 0.1) is 6.92 Å². The smallest absolute Gasteiger partial charge is 0.184 e. The molecule has 1 aliphatic rings. The summed E-state index contributed by atoms with van der Waals surface area (Å²) < 4.78 is 1.18. The molecule has 2 aromatic rings. The molecule has 1 saturated carbocycles. The van der Waals surface area contributed by atoms with E-state index in [2.05, 4.69) is 23.3 Å². The van der Waals surface area contributed by atoms with E-state index in [0.717, 1.165) is 15.7 Å². The molecule has 0 spiro atoms. The van der Waals surface area contributed by atoms with E-state index >= 15 is 0 Å². The van der Waals surface area contributed by atoms with Crippen LogP contribution in [0.1, 0.15) is 31.2 Å². The van der Waals surface area contributed by atoms with Gasteiger partial charge in [0.25, 0.3) is 0 Å². The SMILES string of the molecule is Cc1cc(Cl)c2nc(NC3CCCC3)sc2c1. The standard InChI is InChI=1S/C13H15ClN2S/c1-8-6-10(14)12-11(7-8)17-13(16-12)15-9-4-2-3-5-9/h6-7,9H,2-5H2,1H3,(H,15,16). The molecule has 17 heavy (non-hydrogen) atoms. The fourth-order valence-electron chi connectivity index (χ4n) is 2.42. The maximum atomic E-state index is 6.21. The first-order valence-electron chi connectivity index (χ1n) is 6.05. The van der Waals surface area contributed by atoms with Crippen LogP contribution in [0.15, 0.2) is 12.1 Å². The highest BCUT2D eigenvalue weighted by Crippen LogP contribution is 2.33. The summed E-state index contributed by atoms with van der Waals surface area (Å²) >= 11 is 7.91. The summed E-state index contributed by atoms with van der Waals surface area (Å²) in [6, 6.07) is 4.73. The van der Waals surface area contributed by atoms with Crippen molar-refractivity contribution in [2.24, 2.45) is 0 Å². The van der Waals surface area contributed by atoms with Crippen molar-refractivity contribution in [2.75, 3.05) is 5.32 Å². The zero-order valence-corrected chi connectivity index (χ0v) is 11.4. The van der Waals surface area contributed by atoms with Crippen molar-refractivity contribution in [3.05, 3.63) is 22.7 Å². The number of hydrogen-bond donors (Lipinski definition) is 1. The van der Waals surface area contributed by atoms with Gasteiger partial charge in [0.05, 0.1) is 9.72 Å². The summed E-state index contributed by atoms with van der Waals surface area (Å²) in [5, 5.41) is 5.30. The molecule has 0 atom stereocenters. The van der Waals surface area contributed by atoms with E-state index in [1.807, 2.05) is 6.07 Å². The molecule has 0 radical (unpaired) electrons. The molecule has 1 fully saturated rings. The quantitative estimate of drug-likeness (QED) is 0.858. The van der Waals surface area contributed by atoms with Crippen molar-refractivity contribution in [1.82, 2.24) is 4.98 Å². The topological polar surface area (TPSA) is 24.9 Å². The lowest BCUT2D eigenvalue weighted by Gasteiger charge is -2.09. The third-order valence-electron chi connectivity index (χ3n) is 3.28. The monoisotopic (exact) mass is 266 g/mol. The van der Waals surface area contributed by atoms with Gasteiger partial charge in [-0.3, -0.25) is 0 Å². The molecule has 90 valence electrons. The van der Waals surface area contributed by atoms with Gasteiger partial charge in [-0.25, -0.2) is 4.98 Å². The molecule has 1 heterocycles. The molecule has 0 aliphatic heterocycles. The molecule has 1 N–H and O–H groups in total. The van der Waals surface area contributed by atoms with Crippen molar-refractivity contribution in [2.45, 2.75) is 38.6 Å². The summed E-state index contributed by atoms with van der Waals surface area (Å²) in [5.74, 6) is 0.